The average Bonchev–Trinajstić information content (AvgIpc) is 3.16. The second-order valence-electron chi connectivity index (χ2n) is 8.63. The van der Waals surface area contributed by atoms with Gasteiger partial charge in [-0.25, -0.2) is 9.78 Å². The van der Waals surface area contributed by atoms with Crippen molar-refractivity contribution in [3.63, 3.8) is 0 Å². The average molecular weight is 484 g/mol. The van der Waals surface area contributed by atoms with E-state index in [1.165, 1.54) is 0 Å². The maximum absolute atomic E-state index is 13.0. The molecule has 4 aromatic rings. The molecule has 0 saturated carbocycles. The van der Waals surface area contributed by atoms with Crippen LogP contribution >= 0.6 is 0 Å². The molecule has 0 bridgehead atoms. The van der Waals surface area contributed by atoms with Crippen molar-refractivity contribution < 1.29 is 24.3 Å². The summed E-state index contributed by atoms with van der Waals surface area (Å²) >= 11 is 0. The van der Waals surface area contributed by atoms with E-state index in [2.05, 4.69) is 4.98 Å². The molecule has 2 aromatic heterocycles. The lowest BCUT2D eigenvalue weighted by molar-refractivity contribution is -0.131. The Morgan fingerprint density at radius 3 is 2.25 bits per heavy atom. The van der Waals surface area contributed by atoms with Gasteiger partial charge in [0.05, 0.1) is 16.8 Å². The van der Waals surface area contributed by atoms with Gasteiger partial charge in [0, 0.05) is 18.3 Å². The molecule has 0 aliphatic heterocycles. The molecule has 36 heavy (non-hydrogen) atoms. The number of fused-ring (bicyclic) bond motifs is 1. The molecule has 3 N–H and O–H groups in total. The predicted octanol–water partition coefficient (Wildman–Crippen LogP) is 3.71. The van der Waals surface area contributed by atoms with Crippen LogP contribution in [-0.4, -0.2) is 37.9 Å². The number of carbonyl (C=O) groups excluding carboxylic acids is 3. The number of aryl methyl sites for hydroxylation is 2. The highest BCUT2D eigenvalue weighted by atomic mass is 16.4. The van der Waals surface area contributed by atoms with Gasteiger partial charge in [0.1, 0.15) is 5.69 Å². The van der Waals surface area contributed by atoms with Crippen molar-refractivity contribution in [2.75, 3.05) is 0 Å². The molecule has 0 aliphatic rings. The Labute approximate surface area is 207 Å². The Morgan fingerprint density at radius 1 is 0.972 bits per heavy atom. The van der Waals surface area contributed by atoms with E-state index in [0.717, 1.165) is 22.3 Å². The Bertz CT molecular complexity index is 1550. The summed E-state index contributed by atoms with van der Waals surface area (Å²) in [4.78, 5) is 53.2. The summed E-state index contributed by atoms with van der Waals surface area (Å²) in [5.41, 5.74) is 10.5. The molecule has 1 amide bonds. The molecule has 8 heteroatoms. The van der Waals surface area contributed by atoms with Crippen LogP contribution in [0.15, 0.2) is 54.7 Å². The van der Waals surface area contributed by atoms with Crippen LogP contribution in [0.3, 0.4) is 0 Å². The van der Waals surface area contributed by atoms with E-state index in [0.29, 0.717) is 29.8 Å². The molecule has 0 saturated heterocycles. The van der Waals surface area contributed by atoms with E-state index < -0.39 is 29.1 Å². The Kier molecular flexibility index (Phi) is 6.53. The Hall–Kier alpha value is -4.59. The highest BCUT2D eigenvalue weighted by Crippen LogP contribution is 2.32. The third-order valence-corrected chi connectivity index (χ3v) is 6.20. The quantitative estimate of drug-likeness (QED) is 0.290. The highest BCUT2D eigenvalue weighted by Gasteiger charge is 2.31. The fourth-order valence-electron chi connectivity index (χ4n) is 4.58. The zero-order valence-electron chi connectivity index (χ0n) is 20.2. The summed E-state index contributed by atoms with van der Waals surface area (Å²) in [7, 11) is 0. The smallest absolute Gasteiger partial charge is 0.379 e. The first kappa shape index (κ1) is 24.5. The summed E-state index contributed by atoms with van der Waals surface area (Å²) in [6, 6.07) is 15.9. The number of ketones is 2. The number of aliphatic carboxylic acids is 1. The van der Waals surface area contributed by atoms with Crippen LogP contribution in [0.4, 0.5) is 0 Å². The third-order valence-electron chi connectivity index (χ3n) is 6.20. The summed E-state index contributed by atoms with van der Waals surface area (Å²) < 4.78 is 1.61. The Morgan fingerprint density at radius 2 is 1.64 bits per heavy atom. The normalized spacial score (nSPS) is 11.0. The number of Topliss-reactive ketones (excluding diaryl/α,β-unsaturated/α-hetero) is 2. The van der Waals surface area contributed by atoms with Crippen molar-refractivity contribution in [3.05, 3.63) is 94.1 Å². The molecule has 0 spiro atoms. The van der Waals surface area contributed by atoms with Crippen LogP contribution in [0.1, 0.15) is 55.8 Å². The van der Waals surface area contributed by atoms with Crippen molar-refractivity contribution in [2.45, 2.75) is 33.6 Å². The summed E-state index contributed by atoms with van der Waals surface area (Å²) in [6.45, 7) is 5.46. The van der Waals surface area contributed by atoms with Crippen molar-refractivity contribution in [2.24, 2.45) is 5.73 Å². The molecule has 2 aromatic carbocycles. The monoisotopic (exact) mass is 483 g/mol. The first-order valence-electron chi connectivity index (χ1n) is 11.4. The van der Waals surface area contributed by atoms with Gasteiger partial charge >= 0.3 is 5.97 Å². The summed E-state index contributed by atoms with van der Waals surface area (Å²) in [5, 5.41) is 9.40. The van der Waals surface area contributed by atoms with E-state index in [9.17, 15) is 24.3 Å². The number of benzene rings is 2. The van der Waals surface area contributed by atoms with Crippen LogP contribution in [0, 0.1) is 13.8 Å². The lowest BCUT2D eigenvalue weighted by Crippen LogP contribution is -2.25. The number of rotatable bonds is 8. The summed E-state index contributed by atoms with van der Waals surface area (Å²) in [5.74, 6) is -5.17. The standard InChI is InChI=1S/C28H25N3O5/c1-4-19-21(13-18-7-5-6-8-20(18)17-11-9-15(2)10-12-17)31-14-16(3)30-23(26(33)28(35)36)24(31)22(19)25(32)27(29)34/h5-12,14H,4,13H2,1-3H3,(H2,29,34)(H,35,36). The number of carbonyl (C=O) groups is 4. The molecule has 0 atom stereocenters. The fourth-order valence-corrected chi connectivity index (χ4v) is 4.58. The predicted molar refractivity (Wildman–Crippen MR) is 134 cm³/mol. The topological polar surface area (TPSA) is 132 Å². The third kappa shape index (κ3) is 4.29. The zero-order valence-corrected chi connectivity index (χ0v) is 20.2. The van der Waals surface area contributed by atoms with Gasteiger partial charge in [-0.15, -0.1) is 0 Å². The minimum atomic E-state index is -1.71. The SMILES string of the molecule is CCc1c(C(=O)C(N)=O)c2c(C(=O)C(=O)O)nc(C)cn2c1Cc1ccccc1-c1ccc(C)cc1. The van der Waals surface area contributed by atoms with Gasteiger partial charge in [0.2, 0.25) is 0 Å². The Balaban J connectivity index is 2.04. The number of amides is 1. The van der Waals surface area contributed by atoms with Gasteiger partial charge in [-0.3, -0.25) is 14.4 Å². The van der Waals surface area contributed by atoms with Crippen molar-refractivity contribution in [1.29, 1.82) is 0 Å². The zero-order chi connectivity index (χ0) is 26.1. The largest absolute Gasteiger partial charge is 0.475 e. The first-order chi connectivity index (χ1) is 17.1. The highest BCUT2D eigenvalue weighted by molar-refractivity contribution is 6.46. The maximum Gasteiger partial charge on any atom is 0.379 e. The molecule has 0 fully saturated rings. The fraction of sp³-hybridized carbons (Fsp3) is 0.179. The second-order valence-corrected chi connectivity index (χ2v) is 8.63. The number of carboxylic acids is 1. The van der Waals surface area contributed by atoms with Gasteiger partial charge in [0.25, 0.3) is 17.5 Å². The van der Waals surface area contributed by atoms with Gasteiger partial charge in [0.15, 0.2) is 0 Å². The first-order valence-corrected chi connectivity index (χ1v) is 11.4. The molecule has 0 unspecified atom stereocenters. The number of primary amides is 1. The molecule has 2 heterocycles. The van der Waals surface area contributed by atoms with E-state index in [4.69, 9.17) is 5.73 Å². The van der Waals surface area contributed by atoms with Gasteiger partial charge in [-0.2, -0.15) is 0 Å². The molecular formula is C28H25N3O5. The van der Waals surface area contributed by atoms with Crippen molar-refractivity contribution in [1.82, 2.24) is 9.38 Å². The molecular weight excluding hydrogens is 458 g/mol. The maximum atomic E-state index is 13.0. The molecule has 182 valence electrons. The van der Waals surface area contributed by atoms with Crippen molar-refractivity contribution >= 4 is 29.0 Å². The van der Waals surface area contributed by atoms with Gasteiger partial charge < -0.3 is 15.2 Å². The number of hydrogen-bond acceptors (Lipinski definition) is 5. The van der Waals surface area contributed by atoms with Crippen LogP contribution in [-0.2, 0) is 22.4 Å². The van der Waals surface area contributed by atoms with Crippen LogP contribution in [0.2, 0.25) is 0 Å². The van der Waals surface area contributed by atoms with E-state index >= 15 is 0 Å². The molecule has 4 rings (SSSR count). The van der Waals surface area contributed by atoms with Crippen LogP contribution in [0.25, 0.3) is 16.6 Å². The number of nitrogens with two attached hydrogens (primary N) is 1. The summed E-state index contributed by atoms with van der Waals surface area (Å²) in [6.07, 6.45) is 2.33. The molecule has 0 aliphatic carbocycles. The lowest BCUT2D eigenvalue weighted by atomic mass is 9.93. The second kappa shape index (κ2) is 9.58. The van der Waals surface area contributed by atoms with Gasteiger partial charge in [-0.05, 0) is 42.5 Å². The number of aromatic nitrogens is 2. The van der Waals surface area contributed by atoms with E-state index in [1.54, 1.807) is 17.5 Å². The van der Waals surface area contributed by atoms with Crippen LogP contribution < -0.4 is 5.73 Å². The van der Waals surface area contributed by atoms with Crippen LogP contribution in [0.5, 0.6) is 0 Å². The number of hydrogen-bond donors (Lipinski definition) is 2. The number of carboxylic acid groups (broad SMARTS) is 1. The lowest BCUT2D eigenvalue weighted by Gasteiger charge is -2.13. The minimum absolute atomic E-state index is 0.0172. The van der Waals surface area contributed by atoms with Crippen molar-refractivity contribution in [3.8, 4) is 11.1 Å². The van der Waals surface area contributed by atoms with E-state index in [-0.39, 0.29) is 11.1 Å². The van der Waals surface area contributed by atoms with Gasteiger partial charge in [-0.1, -0.05) is 61.0 Å². The minimum Gasteiger partial charge on any atom is -0.475 e. The molecule has 8 nitrogen and oxygen atoms in total. The van der Waals surface area contributed by atoms with E-state index in [1.807, 2.05) is 62.4 Å². The molecule has 0 radical (unpaired) electrons. The number of nitrogens with zero attached hydrogens (tertiary/aromatic N) is 2.